The second-order valence-electron chi connectivity index (χ2n) is 25.1. The third-order valence-corrected chi connectivity index (χ3v) is 18.3. The van der Waals surface area contributed by atoms with Crippen LogP contribution in [0.15, 0.2) is 35.3 Å². The Morgan fingerprint density at radius 2 is 1.26 bits per heavy atom. The van der Waals surface area contributed by atoms with Crippen LogP contribution in [0.25, 0.3) is 0 Å². The van der Waals surface area contributed by atoms with E-state index in [0.717, 1.165) is 5.56 Å². The Labute approximate surface area is 524 Å². The number of hydrogen-bond acceptors (Lipinski definition) is 16. The first-order valence-corrected chi connectivity index (χ1v) is 31.9. The van der Waals surface area contributed by atoms with Crippen LogP contribution in [0.5, 0.6) is 0 Å². The highest BCUT2D eigenvalue weighted by atomic mass is 16.5. The fraction of sp³-hybridized carbons (Fsp3) is 0.708. The number of carbonyl (C=O) groups excluding carboxylic acids is 12. The number of rotatable bonds is 36. The number of aliphatic imine (C=N–C) groups is 1. The minimum Gasteiger partial charge on any atom is -0.458 e. The zero-order chi connectivity index (χ0) is 67.0. The summed E-state index contributed by atoms with van der Waals surface area (Å²) >= 11 is 0. The van der Waals surface area contributed by atoms with E-state index in [1.807, 2.05) is 44.2 Å². The van der Waals surface area contributed by atoms with Gasteiger partial charge in [0.15, 0.2) is 23.1 Å². The second kappa shape index (κ2) is 36.6. The molecule has 1 aromatic carbocycles. The maximum Gasteiger partial charge on any atom is 0.329 e. The predicted octanol–water partition coefficient (Wildman–Crippen LogP) is 3.02. The summed E-state index contributed by atoms with van der Waals surface area (Å²) in [7, 11) is 0. The molecule has 0 radical (unpaired) electrons. The molecule has 24 heteroatoms. The number of ether oxygens (including phenoxy) is 1. The quantitative estimate of drug-likeness (QED) is 0.0262. The van der Waals surface area contributed by atoms with Gasteiger partial charge in [-0.2, -0.15) is 0 Å². The van der Waals surface area contributed by atoms with Crippen molar-refractivity contribution in [3.05, 3.63) is 35.9 Å². The number of nitrogens with zero attached hydrogens (tertiary/aromatic N) is 1. The van der Waals surface area contributed by atoms with Crippen LogP contribution in [0.2, 0.25) is 0 Å². The lowest BCUT2D eigenvalue weighted by Crippen LogP contribution is -2.57. The lowest BCUT2D eigenvalue weighted by molar-refractivity contribution is -0.157. The van der Waals surface area contributed by atoms with E-state index in [0.29, 0.717) is 50.8 Å². The maximum absolute atomic E-state index is 14.5. The minimum atomic E-state index is -1.60. The van der Waals surface area contributed by atoms with Gasteiger partial charge in [0.05, 0.1) is 49.0 Å². The van der Waals surface area contributed by atoms with Crippen LogP contribution >= 0.6 is 0 Å². The van der Waals surface area contributed by atoms with Crippen molar-refractivity contribution in [1.82, 2.24) is 31.9 Å². The molecule has 12 N–H and O–H groups in total. The van der Waals surface area contributed by atoms with Gasteiger partial charge in [0.2, 0.25) is 41.4 Å². The lowest BCUT2D eigenvalue weighted by atomic mass is 9.83. The number of nitrogens with one attached hydrogen (secondary N) is 6. The molecule has 1 aromatic rings. The number of benzene rings is 1. The van der Waals surface area contributed by atoms with Crippen molar-refractivity contribution in [2.75, 3.05) is 19.8 Å². The fourth-order valence-electron chi connectivity index (χ4n) is 11.1. The molecule has 0 bridgehead atoms. The van der Waals surface area contributed by atoms with E-state index in [9.17, 15) is 67.7 Å². The molecule has 1 aliphatic carbocycles. The van der Waals surface area contributed by atoms with Crippen LogP contribution in [0, 0.1) is 59.2 Å². The van der Waals surface area contributed by atoms with Crippen molar-refractivity contribution in [1.29, 1.82) is 0 Å². The van der Waals surface area contributed by atoms with Crippen LogP contribution in [-0.4, -0.2) is 148 Å². The van der Waals surface area contributed by atoms with E-state index in [1.165, 1.54) is 13.8 Å². The first-order valence-electron chi connectivity index (χ1n) is 31.9. The number of ketones is 4. The van der Waals surface area contributed by atoms with Gasteiger partial charge in [0.1, 0.15) is 23.7 Å². The monoisotopic (exact) mass is 1250 g/mol. The Kier molecular flexibility index (Phi) is 31.4. The van der Waals surface area contributed by atoms with Crippen LogP contribution in [-0.2, 0) is 68.7 Å². The van der Waals surface area contributed by atoms with Crippen LogP contribution in [0.4, 0.5) is 0 Å². The van der Waals surface area contributed by atoms with Crippen molar-refractivity contribution in [2.45, 2.75) is 215 Å². The lowest BCUT2D eigenvalue weighted by Gasteiger charge is -2.30. The Morgan fingerprint density at radius 1 is 0.708 bits per heavy atom. The maximum atomic E-state index is 14.5. The molecule has 498 valence electrons. The average Bonchev–Trinajstić information content (AvgIpc) is 1.78. The standard InChI is InChI=1S/C65H103N9O15/c1-13-35(6)47(31-49(77)48(23-24-53(67)81)69-60(84)44(33-75)29-51(79)54(36(7)14-2)70-59(83)43(17-5)28-42-21-19-18-20-22-42)62(86)71-55(37(8)15-3)52(80)30-45(34-76)61(85)72-57-40(11)89-63(87)56(38(9)16-4)73-64(88)65(32-46(65)25-26-68-41(12)66)74-58(82)39(10)27-50(57)78/h18-22,35-40,43-48,54-57,75-76H,13-17,23-34H2,1-12H3,(H2,66,68)(H2,67,81)(H,69,84)(H,70,83)(H,71,86)(H,72,85)(H,73,88)(H,74,82)/t35-,36-,37-,38-,39+,40-,43+,44-,45-,46?,47+,48+,54-,55-,56-,57+,65?/m0/s1. The molecule has 1 spiro atoms. The molecule has 24 nitrogen and oxygen atoms in total. The topological polar surface area (TPSA) is 391 Å². The number of cyclic esters (lactones) is 1. The third kappa shape index (κ3) is 22.5. The summed E-state index contributed by atoms with van der Waals surface area (Å²) in [5, 5.41) is 37.7. The van der Waals surface area contributed by atoms with Crippen LogP contribution in [0.3, 0.4) is 0 Å². The van der Waals surface area contributed by atoms with Gasteiger partial charge in [-0.25, -0.2) is 4.79 Å². The number of carbonyl (C=O) groups is 12. The van der Waals surface area contributed by atoms with E-state index in [-0.39, 0.29) is 43.6 Å². The van der Waals surface area contributed by atoms with Gasteiger partial charge >= 0.3 is 5.97 Å². The summed E-state index contributed by atoms with van der Waals surface area (Å²) < 4.78 is 5.84. The molecule has 2 unspecified atom stereocenters. The largest absolute Gasteiger partial charge is 0.458 e. The van der Waals surface area contributed by atoms with Gasteiger partial charge in [-0.05, 0) is 81.1 Å². The Bertz CT molecular complexity index is 2650. The number of primary amides is 1. The molecule has 3 rings (SSSR count). The highest BCUT2D eigenvalue weighted by molar-refractivity contribution is 6.01. The average molecular weight is 1250 g/mol. The molecule has 1 saturated heterocycles. The molecule has 1 saturated carbocycles. The molecule has 1 heterocycles. The van der Waals surface area contributed by atoms with Crippen molar-refractivity contribution in [3.63, 3.8) is 0 Å². The smallest absolute Gasteiger partial charge is 0.329 e. The highest BCUT2D eigenvalue weighted by Crippen LogP contribution is 2.47. The molecular formula is C65H103N9O15. The van der Waals surface area contributed by atoms with E-state index in [4.69, 9.17) is 16.2 Å². The Hall–Kier alpha value is -6.95. The van der Waals surface area contributed by atoms with E-state index >= 15 is 0 Å². The van der Waals surface area contributed by atoms with Crippen LogP contribution in [0.1, 0.15) is 172 Å². The minimum absolute atomic E-state index is 0.241. The molecule has 7 amide bonds. The zero-order valence-electron chi connectivity index (χ0n) is 54.4. The zero-order valence-corrected chi connectivity index (χ0v) is 54.4. The van der Waals surface area contributed by atoms with Crippen molar-refractivity contribution in [3.8, 4) is 0 Å². The number of aliphatic hydroxyl groups excluding tert-OH is 2. The second-order valence-corrected chi connectivity index (χ2v) is 25.1. The summed E-state index contributed by atoms with van der Waals surface area (Å²) in [6.07, 6.45) is -1.02. The number of Topliss-reactive ketones (excluding diaryl/α,β-unsaturated/α-hetero) is 4. The van der Waals surface area contributed by atoms with Crippen molar-refractivity contribution in [2.24, 2.45) is 75.6 Å². The van der Waals surface area contributed by atoms with Gasteiger partial charge in [-0.3, -0.25) is 57.7 Å². The van der Waals surface area contributed by atoms with E-state index < -0.39 is 193 Å². The highest BCUT2D eigenvalue weighted by Gasteiger charge is 2.61. The van der Waals surface area contributed by atoms with Crippen molar-refractivity contribution >= 4 is 76.3 Å². The molecule has 1 aliphatic heterocycles. The number of amides is 7. The summed E-state index contributed by atoms with van der Waals surface area (Å²) in [5.74, 6) is -15.9. The Balaban J connectivity index is 1.85. The van der Waals surface area contributed by atoms with E-state index in [2.05, 4.69) is 36.9 Å². The first-order chi connectivity index (χ1) is 42.0. The Morgan fingerprint density at radius 3 is 1.78 bits per heavy atom. The number of amidine groups is 1. The van der Waals surface area contributed by atoms with Gasteiger partial charge in [0, 0.05) is 56.4 Å². The summed E-state index contributed by atoms with van der Waals surface area (Å²) in [6, 6.07) is 2.90. The van der Waals surface area contributed by atoms with Crippen LogP contribution < -0.4 is 43.4 Å². The number of nitrogens with two attached hydrogens (primary N) is 2. The number of aliphatic hydroxyl groups is 2. The predicted molar refractivity (Wildman–Crippen MR) is 333 cm³/mol. The van der Waals surface area contributed by atoms with Gasteiger partial charge in [-0.1, -0.05) is 125 Å². The normalized spacial score (nSPS) is 23.6. The molecule has 89 heavy (non-hydrogen) atoms. The molecule has 2 aliphatic rings. The molecule has 2 fully saturated rings. The summed E-state index contributed by atoms with van der Waals surface area (Å²) in [6.45, 7) is 19.0. The summed E-state index contributed by atoms with van der Waals surface area (Å²) in [4.78, 5) is 172. The molecule has 0 aromatic heterocycles. The van der Waals surface area contributed by atoms with Gasteiger partial charge < -0.3 is 58.3 Å². The molecular weight excluding hydrogens is 1150 g/mol. The third-order valence-electron chi connectivity index (χ3n) is 18.3. The summed E-state index contributed by atoms with van der Waals surface area (Å²) in [5.41, 5.74) is 10.8. The number of esters is 1. The first kappa shape index (κ1) is 76.3. The van der Waals surface area contributed by atoms with Crippen molar-refractivity contribution < 1.29 is 72.5 Å². The van der Waals surface area contributed by atoms with Gasteiger partial charge in [-0.15, -0.1) is 0 Å². The number of hydrogen-bond donors (Lipinski definition) is 10. The van der Waals surface area contributed by atoms with E-state index in [1.54, 1.807) is 55.4 Å². The SMILES string of the molecule is CC[C@H](Cc1ccccc1)C(=O)N[C@H](C(=O)C[C@@H](CO)C(=O)N[C@H](CCC(N)=O)C(=O)C[C@@H](C(=O)N[C@H](C(=O)C[C@@H](CO)C(=O)N[C@H]1C(=O)C[C@@H](C)C(=O)NC2(CC2CCN=C(C)N)C(=O)N[C@@H]([C@@H](C)CC)C(=O)O[C@H]1C)[C@@H](C)CC)[C@@H](C)CC)[C@@H](C)CC. The fourth-order valence-corrected chi connectivity index (χ4v) is 11.1. The molecule has 17 atom stereocenters. The van der Waals surface area contributed by atoms with Gasteiger partial charge in [0.25, 0.3) is 0 Å².